The molecule has 0 aliphatic carbocycles. The highest BCUT2D eigenvalue weighted by atomic mass is 31.0. The maximum absolute atomic E-state index is 12.3. The zero-order chi connectivity index (χ0) is 21.3. The van der Waals surface area contributed by atoms with Gasteiger partial charge in [0.25, 0.3) is 0 Å². The van der Waals surface area contributed by atoms with Crippen LogP contribution in [0.25, 0.3) is 0 Å². The quantitative estimate of drug-likeness (QED) is 0.358. The molecule has 0 radical (unpaired) electrons. The predicted octanol–water partition coefficient (Wildman–Crippen LogP) is 3.13. The molecular weight excluding hydrogens is 388 g/mol. The summed E-state index contributed by atoms with van der Waals surface area (Å²) in [5, 5.41) is 0. The molecule has 0 saturated heterocycles. The lowest BCUT2D eigenvalue weighted by molar-refractivity contribution is -0.202. The molecule has 0 aliphatic rings. The molecule has 10 heteroatoms. The van der Waals surface area contributed by atoms with Crippen molar-refractivity contribution in [2.45, 2.75) is 65.0 Å². The number of halogens is 3. The zero-order valence-corrected chi connectivity index (χ0v) is 17.6. The Morgan fingerprint density at radius 3 is 2.00 bits per heavy atom. The highest BCUT2D eigenvalue weighted by Crippen LogP contribution is 2.20. The van der Waals surface area contributed by atoms with E-state index < -0.39 is 36.2 Å². The first kappa shape index (κ1) is 26.1. The number of esters is 2. The molecule has 0 aliphatic heterocycles. The second-order valence-electron chi connectivity index (χ2n) is 6.69. The lowest BCUT2D eigenvalue weighted by atomic mass is 10.0. The average molecular weight is 418 g/mol. The van der Waals surface area contributed by atoms with Crippen LogP contribution in [-0.2, 0) is 28.5 Å². The molecule has 0 saturated carbocycles. The maximum Gasteiger partial charge on any atom is 0.490 e. The van der Waals surface area contributed by atoms with E-state index in [0.717, 1.165) is 6.16 Å². The van der Waals surface area contributed by atoms with Gasteiger partial charge in [-0.2, -0.15) is 13.2 Å². The van der Waals surface area contributed by atoms with Gasteiger partial charge in [0.1, 0.15) is 6.61 Å². The fourth-order valence-electron chi connectivity index (χ4n) is 1.82. The van der Waals surface area contributed by atoms with Gasteiger partial charge in [-0.3, -0.25) is 0 Å². The summed E-state index contributed by atoms with van der Waals surface area (Å²) in [5.74, 6) is -3.36. The van der Waals surface area contributed by atoms with E-state index in [4.69, 9.17) is 14.2 Å². The van der Waals surface area contributed by atoms with Crippen LogP contribution in [-0.4, -0.2) is 61.9 Å². The van der Waals surface area contributed by atoms with Crippen molar-refractivity contribution < 1.29 is 41.7 Å². The van der Waals surface area contributed by atoms with Gasteiger partial charge < -0.3 is 18.9 Å². The Morgan fingerprint density at radius 1 is 0.963 bits per heavy atom. The lowest BCUT2D eigenvalue weighted by Gasteiger charge is -2.28. The molecule has 0 spiro atoms. The summed E-state index contributed by atoms with van der Waals surface area (Å²) in [6.45, 7) is 8.03. The molecule has 0 fully saturated rings. The van der Waals surface area contributed by atoms with Crippen LogP contribution in [0.2, 0.25) is 0 Å². The number of ether oxygens (including phenoxy) is 4. The van der Waals surface area contributed by atoms with Gasteiger partial charge in [0.2, 0.25) is 0 Å². The van der Waals surface area contributed by atoms with Gasteiger partial charge in [0.15, 0.2) is 5.60 Å². The molecule has 5 unspecified atom stereocenters. The molecule has 0 rings (SSSR count). The van der Waals surface area contributed by atoms with Crippen molar-refractivity contribution in [3.63, 3.8) is 0 Å². The van der Waals surface area contributed by atoms with E-state index in [1.807, 2.05) is 6.92 Å². The summed E-state index contributed by atoms with van der Waals surface area (Å²) in [6, 6.07) is 0. The van der Waals surface area contributed by atoms with Crippen molar-refractivity contribution in [1.82, 2.24) is 0 Å². The van der Waals surface area contributed by atoms with Crippen LogP contribution in [0.4, 0.5) is 13.2 Å². The minimum atomic E-state index is -5.03. The molecule has 0 aromatic rings. The Morgan fingerprint density at radius 2 is 1.52 bits per heavy atom. The van der Waals surface area contributed by atoms with Crippen molar-refractivity contribution in [2.75, 3.05) is 26.0 Å². The number of hydrogen-bond acceptors (Lipinski definition) is 6. The second kappa shape index (κ2) is 11.8. The fraction of sp³-hybridized carbons (Fsp3) is 0.882. The summed E-state index contributed by atoms with van der Waals surface area (Å²) in [5.41, 5.74) is -1.26. The van der Waals surface area contributed by atoms with Gasteiger partial charge in [-0.1, -0.05) is 13.8 Å². The molecule has 0 aromatic heterocycles. The molecule has 160 valence electrons. The molecule has 5 atom stereocenters. The summed E-state index contributed by atoms with van der Waals surface area (Å²) in [7, 11) is 2.56. The Balaban J connectivity index is 4.44. The predicted molar refractivity (Wildman–Crippen MR) is 96.4 cm³/mol. The van der Waals surface area contributed by atoms with Crippen LogP contribution >= 0.6 is 9.24 Å². The maximum atomic E-state index is 12.3. The van der Waals surface area contributed by atoms with E-state index >= 15 is 0 Å². The number of carbonyl (C=O) groups is 2. The van der Waals surface area contributed by atoms with Gasteiger partial charge in [-0.05, 0) is 33.4 Å². The van der Waals surface area contributed by atoms with E-state index in [0.29, 0.717) is 6.42 Å². The molecular formula is C17H30F3O6P. The number of rotatable bonds is 12. The Bertz CT molecular complexity index is 474. The van der Waals surface area contributed by atoms with Crippen molar-refractivity contribution in [1.29, 1.82) is 0 Å². The van der Waals surface area contributed by atoms with E-state index in [1.54, 1.807) is 27.7 Å². The third-order valence-corrected chi connectivity index (χ3v) is 4.43. The van der Waals surface area contributed by atoms with Crippen LogP contribution in [0.5, 0.6) is 0 Å². The minimum Gasteiger partial charge on any atom is -0.461 e. The van der Waals surface area contributed by atoms with Crippen molar-refractivity contribution in [3.05, 3.63) is 0 Å². The molecule has 0 N–H and O–H groups in total. The van der Waals surface area contributed by atoms with E-state index in [2.05, 4.69) is 14.0 Å². The third kappa shape index (κ3) is 10.3. The summed E-state index contributed by atoms with van der Waals surface area (Å²) >= 11 is 0. The molecule has 0 aromatic carbocycles. The van der Waals surface area contributed by atoms with Crippen LogP contribution in [0, 0.1) is 5.92 Å². The van der Waals surface area contributed by atoms with Gasteiger partial charge in [0, 0.05) is 5.92 Å². The topological polar surface area (TPSA) is 71.1 Å². The Labute approximate surface area is 160 Å². The highest BCUT2D eigenvalue weighted by molar-refractivity contribution is 7.16. The van der Waals surface area contributed by atoms with Gasteiger partial charge in [-0.25, -0.2) is 9.59 Å². The second-order valence-corrected chi connectivity index (χ2v) is 7.16. The number of carbonyl (C=O) groups excluding carboxylic acids is 2. The summed E-state index contributed by atoms with van der Waals surface area (Å²) < 4.78 is 56.9. The van der Waals surface area contributed by atoms with Crippen LogP contribution < -0.4 is 0 Å². The molecule has 0 amide bonds. The van der Waals surface area contributed by atoms with Crippen molar-refractivity contribution in [3.8, 4) is 0 Å². The van der Waals surface area contributed by atoms with Crippen molar-refractivity contribution >= 4 is 21.2 Å². The zero-order valence-electron chi connectivity index (χ0n) is 16.4. The average Bonchev–Trinajstić information content (AvgIpc) is 2.60. The largest absolute Gasteiger partial charge is 0.490 e. The standard InChI is InChI=1S/C17H30F3O6P/c1-6-16(5,14(21)24-9-12(3)26-13(4)10-27)25-8-11(2)7-23-15(22)17(18,19)20/h11-13H,6-10,27H2,1-5H3. The van der Waals surface area contributed by atoms with E-state index in [9.17, 15) is 22.8 Å². The fourth-order valence-corrected chi connectivity index (χ4v) is 1.93. The Kier molecular flexibility index (Phi) is 11.4. The van der Waals surface area contributed by atoms with Crippen LogP contribution in [0.3, 0.4) is 0 Å². The first-order valence-electron chi connectivity index (χ1n) is 8.76. The molecule has 27 heavy (non-hydrogen) atoms. The summed E-state index contributed by atoms with van der Waals surface area (Å²) in [4.78, 5) is 23.0. The first-order chi connectivity index (χ1) is 12.4. The third-order valence-electron chi connectivity index (χ3n) is 3.77. The molecule has 0 bridgehead atoms. The first-order valence-corrected chi connectivity index (χ1v) is 9.58. The van der Waals surface area contributed by atoms with Gasteiger partial charge >= 0.3 is 18.1 Å². The SMILES string of the molecule is CCC(C)(OCC(C)COC(=O)C(F)(F)F)C(=O)OCC(C)OC(C)CP. The smallest absolute Gasteiger partial charge is 0.461 e. The normalized spacial score (nSPS) is 17.5. The molecule has 6 nitrogen and oxygen atoms in total. The van der Waals surface area contributed by atoms with Crippen molar-refractivity contribution in [2.24, 2.45) is 5.92 Å². The van der Waals surface area contributed by atoms with E-state index in [1.165, 1.54) is 0 Å². The van der Waals surface area contributed by atoms with Gasteiger partial charge in [0.05, 0.1) is 25.4 Å². The summed E-state index contributed by atoms with van der Waals surface area (Å²) in [6.07, 6.45) is -4.25. The number of hydrogen-bond donors (Lipinski definition) is 0. The van der Waals surface area contributed by atoms with Crippen LogP contribution in [0.15, 0.2) is 0 Å². The minimum absolute atomic E-state index is 0.0118. The van der Waals surface area contributed by atoms with E-state index in [-0.39, 0.29) is 25.4 Å². The van der Waals surface area contributed by atoms with Gasteiger partial charge in [-0.15, -0.1) is 9.24 Å². The molecule has 0 heterocycles. The monoisotopic (exact) mass is 418 g/mol. The highest BCUT2D eigenvalue weighted by Gasteiger charge is 2.41. The lowest BCUT2D eigenvalue weighted by Crippen LogP contribution is -2.42. The Hall–Kier alpha value is -0.920. The van der Waals surface area contributed by atoms with Crippen LogP contribution in [0.1, 0.15) is 41.0 Å². The number of alkyl halides is 3.